The van der Waals surface area contributed by atoms with E-state index in [9.17, 15) is 4.39 Å². The van der Waals surface area contributed by atoms with Gasteiger partial charge in [-0.3, -0.25) is 0 Å². The molecule has 0 spiro atoms. The van der Waals surface area contributed by atoms with Gasteiger partial charge >= 0.3 is 0 Å². The Bertz CT molecular complexity index is 617. The van der Waals surface area contributed by atoms with Crippen molar-refractivity contribution >= 4 is 23.2 Å². The SMILES string of the molecule is CCOc1cccc(CCl)c1OCc1cc(Cl)ccc1F. The minimum atomic E-state index is -0.360. The first-order valence-corrected chi connectivity index (χ1v) is 7.44. The molecule has 0 atom stereocenters. The van der Waals surface area contributed by atoms with Crippen LogP contribution in [0.25, 0.3) is 0 Å². The molecule has 0 N–H and O–H groups in total. The average Bonchev–Trinajstić information content (AvgIpc) is 2.49. The minimum absolute atomic E-state index is 0.0559. The molecule has 5 heteroatoms. The van der Waals surface area contributed by atoms with Gasteiger partial charge in [-0.15, -0.1) is 11.6 Å². The van der Waals surface area contributed by atoms with Gasteiger partial charge in [0.1, 0.15) is 12.4 Å². The van der Waals surface area contributed by atoms with E-state index in [0.717, 1.165) is 5.56 Å². The van der Waals surface area contributed by atoms with Crippen molar-refractivity contribution in [2.24, 2.45) is 0 Å². The second-order valence-electron chi connectivity index (χ2n) is 4.34. The number of hydrogen-bond donors (Lipinski definition) is 0. The highest BCUT2D eigenvalue weighted by Crippen LogP contribution is 2.33. The summed E-state index contributed by atoms with van der Waals surface area (Å²) in [7, 11) is 0. The van der Waals surface area contributed by atoms with Crippen LogP contribution >= 0.6 is 23.2 Å². The Morgan fingerprint density at radius 1 is 1.10 bits per heavy atom. The Balaban J connectivity index is 2.24. The van der Waals surface area contributed by atoms with Gasteiger partial charge in [-0.25, -0.2) is 4.39 Å². The Morgan fingerprint density at radius 2 is 1.90 bits per heavy atom. The fourth-order valence-electron chi connectivity index (χ4n) is 1.90. The lowest BCUT2D eigenvalue weighted by Crippen LogP contribution is -2.03. The number of benzene rings is 2. The molecule has 2 rings (SSSR count). The number of hydrogen-bond acceptors (Lipinski definition) is 2. The number of rotatable bonds is 6. The number of halogens is 3. The molecule has 0 saturated heterocycles. The molecule has 0 aliphatic heterocycles. The van der Waals surface area contributed by atoms with E-state index < -0.39 is 0 Å². The Hall–Kier alpha value is -1.45. The van der Waals surface area contributed by atoms with Crippen LogP contribution < -0.4 is 9.47 Å². The van der Waals surface area contributed by atoms with Crippen molar-refractivity contribution in [2.45, 2.75) is 19.4 Å². The van der Waals surface area contributed by atoms with E-state index >= 15 is 0 Å². The van der Waals surface area contributed by atoms with Gasteiger partial charge in [0.05, 0.1) is 12.5 Å². The zero-order valence-corrected chi connectivity index (χ0v) is 13.0. The molecule has 2 nitrogen and oxygen atoms in total. The van der Waals surface area contributed by atoms with Crippen LogP contribution in [0.4, 0.5) is 4.39 Å². The van der Waals surface area contributed by atoms with Crippen LogP contribution in [0.2, 0.25) is 5.02 Å². The van der Waals surface area contributed by atoms with Gasteiger partial charge < -0.3 is 9.47 Å². The topological polar surface area (TPSA) is 18.5 Å². The molecular formula is C16H15Cl2FO2. The molecule has 0 heterocycles. The summed E-state index contributed by atoms with van der Waals surface area (Å²) in [6, 6.07) is 9.84. The Labute approximate surface area is 133 Å². The van der Waals surface area contributed by atoms with Crippen LogP contribution in [-0.4, -0.2) is 6.61 Å². The molecule has 0 aliphatic carbocycles. The van der Waals surface area contributed by atoms with E-state index in [0.29, 0.717) is 28.7 Å². The van der Waals surface area contributed by atoms with Crippen molar-refractivity contribution in [2.75, 3.05) is 6.61 Å². The number of ether oxygens (including phenoxy) is 2. The van der Waals surface area contributed by atoms with Crippen LogP contribution in [0.15, 0.2) is 36.4 Å². The minimum Gasteiger partial charge on any atom is -0.490 e. The predicted molar refractivity (Wildman–Crippen MR) is 82.9 cm³/mol. The summed E-state index contributed by atoms with van der Waals surface area (Å²) < 4.78 is 25.0. The second-order valence-corrected chi connectivity index (χ2v) is 5.04. The van der Waals surface area contributed by atoms with Crippen molar-refractivity contribution < 1.29 is 13.9 Å². The zero-order valence-electron chi connectivity index (χ0n) is 11.5. The lowest BCUT2D eigenvalue weighted by atomic mass is 10.2. The summed E-state index contributed by atoms with van der Waals surface area (Å²) in [5.74, 6) is 1.06. The molecule has 0 amide bonds. The van der Waals surface area contributed by atoms with Gasteiger partial charge in [0, 0.05) is 16.1 Å². The predicted octanol–water partition coefficient (Wildman–Crippen LogP) is 5.20. The summed E-state index contributed by atoms with van der Waals surface area (Å²) in [4.78, 5) is 0. The largest absolute Gasteiger partial charge is 0.490 e. The smallest absolute Gasteiger partial charge is 0.166 e. The quantitative estimate of drug-likeness (QED) is 0.679. The average molecular weight is 329 g/mol. The van der Waals surface area contributed by atoms with Crippen molar-refractivity contribution in [1.29, 1.82) is 0 Å². The number of para-hydroxylation sites is 1. The van der Waals surface area contributed by atoms with Gasteiger partial charge in [-0.05, 0) is 31.2 Å². The molecule has 0 radical (unpaired) electrons. The Kier molecular flexibility index (Phi) is 5.71. The summed E-state index contributed by atoms with van der Waals surface area (Å²) in [6.45, 7) is 2.45. The van der Waals surface area contributed by atoms with Crippen molar-refractivity contribution in [3.8, 4) is 11.5 Å². The van der Waals surface area contributed by atoms with E-state index in [-0.39, 0.29) is 18.3 Å². The zero-order chi connectivity index (χ0) is 15.2. The summed E-state index contributed by atoms with van der Waals surface area (Å²) in [5, 5.41) is 0.464. The highest BCUT2D eigenvalue weighted by Gasteiger charge is 2.12. The van der Waals surface area contributed by atoms with E-state index in [1.165, 1.54) is 12.1 Å². The maximum atomic E-state index is 13.7. The molecule has 0 unspecified atom stereocenters. The van der Waals surface area contributed by atoms with Crippen molar-refractivity contribution in [1.82, 2.24) is 0 Å². The third-order valence-electron chi connectivity index (χ3n) is 2.88. The van der Waals surface area contributed by atoms with Gasteiger partial charge in [-0.2, -0.15) is 0 Å². The molecule has 0 bridgehead atoms. The second kappa shape index (κ2) is 7.53. The highest BCUT2D eigenvalue weighted by atomic mass is 35.5. The molecule has 21 heavy (non-hydrogen) atoms. The van der Waals surface area contributed by atoms with Gasteiger partial charge in [0.15, 0.2) is 11.5 Å². The first-order chi connectivity index (χ1) is 10.2. The molecule has 0 saturated carbocycles. The van der Waals surface area contributed by atoms with E-state index in [4.69, 9.17) is 32.7 Å². The van der Waals surface area contributed by atoms with Crippen molar-refractivity contribution in [3.63, 3.8) is 0 Å². The molecular weight excluding hydrogens is 314 g/mol. The fourth-order valence-corrected chi connectivity index (χ4v) is 2.31. The first-order valence-electron chi connectivity index (χ1n) is 6.53. The third-order valence-corrected chi connectivity index (χ3v) is 3.41. The molecule has 112 valence electrons. The van der Waals surface area contributed by atoms with E-state index in [1.807, 2.05) is 19.1 Å². The monoisotopic (exact) mass is 328 g/mol. The molecule has 0 fully saturated rings. The van der Waals surface area contributed by atoms with Gasteiger partial charge in [0.2, 0.25) is 0 Å². The lowest BCUT2D eigenvalue weighted by molar-refractivity contribution is 0.264. The maximum Gasteiger partial charge on any atom is 0.166 e. The van der Waals surface area contributed by atoms with Crippen molar-refractivity contribution in [3.05, 3.63) is 58.4 Å². The Morgan fingerprint density at radius 3 is 2.62 bits per heavy atom. The summed E-state index contributed by atoms with van der Waals surface area (Å²) >= 11 is 11.8. The van der Waals surface area contributed by atoms with Crippen LogP contribution in [0.1, 0.15) is 18.1 Å². The summed E-state index contributed by atoms with van der Waals surface area (Å²) in [6.07, 6.45) is 0. The first kappa shape index (κ1) is 15.9. The maximum absolute atomic E-state index is 13.7. The third kappa shape index (κ3) is 4.02. The molecule has 2 aromatic carbocycles. The van der Waals surface area contributed by atoms with Crippen LogP contribution in [-0.2, 0) is 12.5 Å². The van der Waals surface area contributed by atoms with Gasteiger partial charge in [-0.1, -0.05) is 23.7 Å². The molecule has 2 aromatic rings. The standard InChI is InChI=1S/C16H15Cl2FO2/c1-2-20-15-5-3-4-11(9-17)16(15)21-10-12-8-13(18)6-7-14(12)19/h3-8H,2,9-10H2,1H3. The van der Waals surface area contributed by atoms with Crippen LogP contribution in [0.5, 0.6) is 11.5 Å². The number of alkyl halides is 1. The van der Waals surface area contributed by atoms with E-state index in [1.54, 1.807) is 12.1 Å². The van der Waals surface area contributed by atoms with Crippen LogP contribution in [0.3, 0.4) is 0 Å². The van der Waals surface area contributed by atoms with Crippen LogP contribution in [0, 0.1) is 5.82 Å². The van der Waals surface area contributed by atoms with E-state index in [2.05, 4.69) is 0 Å². The molecule has 0 aromatic heterocycles. The summed E-state index contributed by atoms with van der Waals surface area (Å²) in [5.41, 5.74) is 1.18. The highest BCUT2D eigenvalue weighted by molar-refractivity contribution is 6.30. The van der Waals surface area contributed by atoms with Gasteiger partial charge in [0.25, 0.3) is 0 Å². The normalized spacial score (nSPS) is 10.5. The molecule has 0 aliphatic rings. The fraction of sp³-hybridized carbons (Fsp3) is 0.250. The lowest BCUT2D eigenvalue weighted by Gasteiger charge is -2.15.